The fourth-order valence-electron chi connectivity index (χ4n) is 4.01. The van der Waals surface area contributed by atoms with Crippen LogP contribution in [0.3, 0.4) is 0 Å². The van der Waals surface area contributed by atoms with E-state index >= 15 is 0 Å². The molecule has 0 bridgehead atoms. The summed E-state index contributed by atoms with van der Waals surface area (Å²) in [5, 5.41) is 0. The highest BCUT2D eigenvalue weighted by Crippen LogP contribution is 2.32. The first-order valence-corrected chi connectivity index (χ1v) is 10.9. The monoisotopic (exact) mass is 519 g/mol. The second-order valence-corrected chi connectivity index (χ2v) is 8.49. The normalized spacial score (nSPS) is 21.9. The summed E-state index contributed by atoms with van der Waals surface area (Å²) in [6.45, 7) is 0.0985. The van der Waals surface area contributed by atoms with E-state index in [-0.39, 0.29) is 49.3 Å². The number of ether oxygens (including phenoxy) is 2. The first kappa shape index (κ1) is 25.9. The lowest BCUT2D eigenvalue weighted by molar-refractivity contribution is -0.138. The first-order chi connectivity index (χ1) is 16.9. The van der Waals surface area contributed by atoms with Gasteiger partial charge in [-0.1, -0.05) is 0 Å². The molecule has 193 valence electrons. The van der Waals surface area contributed by atoms with Crippen LogP contribution >= 0.6 is 0 Å². The fraction of sp³-hybridized carbons (Fsp3) is 0.417. The smallest absolute Gasteiger partial charge is 0.416 e. The second kappa shape index (κ2) is 10.1. The summed E-state index contributed by atoms with van der Waals surface area (Å²) in [5.41, 5.74) is -1.98. The minimum absolute atomic E-state index is 0.000747. The molecule has 3 atom stereocenters. The molecule has 36 heavy (non-hydrogen) atoms. The molecule has 0 N–H and O–H groups in total. The van der Waals surface area contributed by atoms with Gasteiger partial charge < -0.3 is 9.47 Å². The summed E-state index contributed by atoms with van der Waals surface area (Å²) in [4.78, 5) is 8.40. The van der Waals surface area contributed by atoms with Gasteiger partial charge in [0, 0.05) is 0 Å². The predicted octanol–water partition coefficient (Wildman–Crippen LogP) is 6.04. The van der Waals surface area contributed by atoms with E-state index in [1.54, 1.807) is 0 Å². The predicted molar refractivity (Wildman–Crippen MR) is 113 cm³/mol. The zero-order valence-electron chi connectivity index (χ0n) is 18.5. The van der Waals surface area contributed by atoms with Gasteiger partial charge in [-0.15, -0.1) is 0 Å². The van der Waals surface area contributed by atoms with E-state index in [0.717, 1.165) is 24.3 Å². The first-order valence-electron chi connectivity index (χ1n) is 10.9. The molecule has 4 nitrogen and oxygen atoms in total. The lowest BCUT2D eigenvalue weighted by Crippen LogP contribution is -2.32. The zero-order chi connectivity index (χ0) is 26.1. The summed E-state index contributed by atoms with van der Waals surface area (Å²) in [6, 6.07) is 3.47. The molecule has 0 fully saturated rings. The van der Waals surface area contributed by atoms with Gasteiger partial charge in [0.2, 0.25) is 5.90 Å². The number of hydrogen-bond acceptors (Lipinski definition) is 4. The van der Waals surface area contributed by atoms with E-state index < -0.39 is 53.3 Å². The lowest BCUT2D eigenvalue weighted by Gasteiger charge is -2.16. The number of halogens is 8. The van der Waals surface area contributed by atoms with Gasteiger partial charge in [-0.05, 0) is 73.2 Å². The number of nitrogens with zero attached hydrogens (tertiary/aromatic N) is 2. The number of rotatable bonds is 7. The van der Waals surface area contributed by atoms with Gasteiger partial charge in [0.1, 0.15) is 24.3 Å². The third-order valence-corrected chi connectivity index (χ3v) is 5.86. The van der Waals surface area contributed by atoms with E-state index in [4.69, 9.17) is 9.47 Å². The van der Waals surface area contributed by atoms with Crippen LogP contribution in [0.15, 0.2) is 46.4 Å². The quantitative estimate of drug-likeness (QED) is 0.419. The molecule has 0 saturated heterocycles. The summed E-state index contributed by atoms with van der Waals surface area (Å²) in [7, 11) is 0. The molecule has 2 aromatic carbocycles. The molecule has 0 amide bonds. The molecule has 2 aliphatic rings. The van der Waals surface area contributed by atoms with Gasteiger partial charge in [0.05, 0.1) is 17.2 Å². The van der Waals surface area contributed by atoms with Crippen molar-refractivity contribution in [3.63, 3.8) is 0 Å². The summed E-state index contributed by atoms with van der Waals surface area (Å²) in [5.74, 6) is -1.59. The van der Waals surface area contributed by atoms with Crippen molar-refractivity contribution in [1.29, 1.82) is 0 Å². The highest BCUT2D eigenvalue weighted by Gasteiger charge is 2.37. The third-order valence-electron chi connectivity index (χ3n) is 5.86. The van der Waals surface area contributed by atoms with Crippen molar-refractivity contribution in [3.05, 3.63) is 70.3 Å². The maximum absolute atomic E-state index is 14.0. The van der Waals surface area contributed by atoms with Crippen molar-refractivity contribution in [3.8, 4) is 0 Å². The van der Waals surface area contributed by atoms with Gasteiger partial charge in [0.25, 0.3) is 6.40 Å². The molecule has 12 heteroatoms. The Balaban J connectivity index is 1.37. The number of aliphatic imine (C=N–C) groups is 2. The number of hydrogen-bond donors (Lipinski definition) is 0. The average molecular weight is 519 g/mol. The maximum Gasteiger partial charge on any atom is 0.416 e. The Kier molecular flexibility index (Phi) is 7.24. The molecule has 4 rings (SSSR count). The van der Waals surface area contributed by atoms with Gasteiger partial charge >= 0.3 is 12.4 Å². The Morgan fingerprint density at radius 3 is 2.36 bits per heavy atom. The lowest BCUT2D eigenvalue weighted by atomic mass is 10.00. The van der Waals surface area contributed by atoms with E-state index in [1.807, 2.05) is 0 Å². The molecule has 0 saturated carbocycles. The van der Waals surface area contributed by atoms with Crippen molar-refractivity contribution in [1.82, 2.24) is 0 Å². The topological polar surface area (TPSA) is 43.2 Å². The van der Waals surface area contributed by atoms with E-state index in [9.17, 15) is 35.1 Å². The summed E-state index contributed by atoms with van der Waals surface area (Å²) < 4.78 is 116. The standard InChI is InChI=1S/C24H19F8N2O2/c25-17-8-13(7-16(10-17)24(30,31)32)1-6-20-21(36-12-33-20)22-34-18(11-35-22)4-2-14-9-15(23(27,28)29)3-5-19(14)26/h3,5,7-10,18,20-21H,1-2,4,6,11H2. The van der Waals surface area contributed by atoms with Gasteiger partial charge in [0.15, 0.2) is 6.10 Å². The molecular formula is C24H19F8N2O2. The highest BCUT2D eigenvalue weighted by molar-refractivity contribution is 5.85. The van der Waals surface area contributed by atoms with E-state index in [0.29, 0.717) is 12.1 Å². The van der Waals surface area contributed by atoms with Crippen LogP contribution in [0.25, 0.3) is 0 Å². The van der Waals surface area contributed by atoms with Gasteiger partial charge in [-0.2, -0.15) is 26.3 Å². The van der Waals surface area contributed by atoms with Crippen molar-refractivity contribution >= 4 is 12.3 Å². The Morgan fingerprint density at radius 2 is 1.64 bits per heavy atom. The van der Waals surface area contributed by atoms with E-state index in [2.05, 4.69) is 16.4 Å². The second-order valence-electron chi connectivity index (χ2n) is 8.49. The maximum atomic E-state index is 14.0. The molecular weight excluding hydrogens is 500 g/mol. The summed E-state index contributed by atoms with van der Waals surface area (Å²) >= 11 is 0. The van der Waals surface area contributed by atoms with Gasteiger partial charge in [-0.3, -0.25) is 0 Å². The molecule has 3 unspecified atom stereocenters. The fourth-order valence-corrected chi connectivity index (χ4v) is 4.01. The Bertz CT molecular complexity index is 1160. The zero-order valence-corrected chi connectivity index (χ0v) is 18.5. The molecule has 0 aromatic heterocycles. The van der Waals surface area contributed by atoms with Crippen molar-refractivity contribution in [2.45, 2.75) is 56.2 Å². The minimum Gasteiger partial charge on any atom is -0.476 e. The number of benzene rings is 2. The minimum atomic E-state index is -4.68. The van der Waals surface area contributed by atoms with Crippen LogP contribution in [0.4, 0.5) is 35.1 Å². The van der Waals surface area contributed by atoms with Gasteiger partial charge in [-0.25, -0.2) is 18.8 Å². The molecule has 0 aliphatic carbocycles. The molecule has 0 spiro atoms. The SMILES string of the molecule is Fc1cc(CCC2N=[C]OC2C2=NC(CCc3cc(C(F)(F)F)ccc3F)CO2)cc(C(F)(F)F)c1. The van der Waals surface area contributed by atoms with Crippen LogP contribution in [0, 0.1) is 11.6 Å². The van der Waals surface area contributed by atoms with Crippen molar-refractivity contribution in [2.24, 2.45) is 9.98 Å². The van der Waals surface area contributed by atoms with Crippen LogP contribution in [0.5, 0.6) is 0 Å². The van der Waals surface area contributed by atoms with Crippen LogP contribution in [0.2, 0.25) is 0 Å². The van der Waals surface area contributed by atoms with Crippen LogP contribution in [-0.4, -0.2) is 37.1 Å². The Hall–Kier alpha value is -3.18. The van der Waals surface area contributed by atoms with E-state index in [1.165, 1.54) is 0 Å². The largest absolute Gasteiger partial charge is 0.476 e. The molecule has 2 aliphatic heterocycles. The molecule has 2 heterocycles. The number of alkyl halides is 6. The third kappa shape index (κ3) is 6.14. The Labute approximate surface area is 200 Å². The van der Waals surface area contributed by atoms with Crippen LogP contribution in [-0.2, 0) is 34.7 Å². The average Bonchev–Trinajstić information content (AvgIpc) is 3.44. The van der Waals surface area contributed by atoms with Crippen LogP contribution in [0.1, 0.15) is 35.1 Å². The van der Waals surface area contributed by atoms with Crippen LogP contribution < -0.4 is 0 Å². The number of aryl methyl sites for hydroxylation is 2. The van der Waals surface area contributed by atoms with Crippen molar-refractivity contribution < 1.29 is 44.6 Å². The molecule has 2 aromatic rings. The summed E-state index contributed by atoms with van der Waals surface area (Å²) in [6.07, 6.45) is -7.25. The van der Waals surface area contributed by atoms with Crippen molar-refractivity contribution in [2.75, 3.05) is 6.61 Å². The highest BCUT2D eigenvalue weighted by atomic mass is 19.4. The Morgan fingerprint density at radius 1 is 0.889 bits per heavy atom. The molecule has 1 radical (unpaired) electrons.